The summed E-state index contributed by atoms with van der Waals surface area (Å²) in [5.41, 5.74) is 2.42. The fraction of sp³-hybridized carbons (Fsp3) is 0.467. The second-order valence-corrected chi connectivity index (χ2v) is 5.23. The molecule has 0 bridgehead atoms. The number of carbonyl (C=O) groups excluding carboxylic acids is 1. The number of para-hydroxylation sites is 1. The SMILES string of the molecule is CCCCCC(=O)NC(=S)N1CCc2ccccc21. The van der Waals surface area contributed by atoms with Crippen LogP contribution in [-0.2, 0) is 11.2 Å². The maximum absolute atomic E-state index is 11.8. The first-order chi connectivity index (χ1) is 9.22. The zero-order chi connectivity index (χ0) is 13.7. The maximum atomic E-state index is 11.8. The van der Waals surface area contributed by atoms with E-state index in [2.05, 4.69) is 24.4 Å². The molecular formula is C15H20N2OS. The van der Waals surface area contributed by atoms with Crippen LogP contribution in [0.1, 0.15) is 38.2 Å². The highest BCUT2D eigenvalue weighted by Crippen LogP contribution is 2.27. The van der Waals surface area contributed by atoms with Gasteiger partial charge in [-0.2, -0.15) is 0 Å². The van der Waals surface area contributed by atoms with Crippen molar-refractivity contribution in [1.82, 2.24) is 5.32 Å². The molecule has 1 amide bonds. The molecule has 0 spiro atoms. The van der Waals surface area contributed by atoms with Crippen LogP contribution in [0, 0.1) is 0 Å². The van der Waals surface area contributed by atoms with Crippen LogP contribution in [0.5, 0.6) is 0 Å². The minimum absolute atomic E-state index is 0.0304. The molecule has 0 atom stereocenters. The van der Waals surface area contributed by atoms with E-state index in [1.807, 2.05) is 17.0 Å². The highest BCUT2D eigenvalue weighted by Gasteiger charge is 2.22. The molecule has 3 nitrogen and oxygen atoms in total. The number of nitrogens with one attached hydrogen (secondary N) is 1. The van der Waals surface area contributed by atoms with E-state index in [4.69, 9.17) is 12.2 Å². The van der Waals surface area contributed by atoms with E-state index < -0.39 is 0 Å². The summed E-state index contributed by atoms with van der Waals surface area (Å²) in [6, 6.07) is 8.20. The number of unbranched alkanes of at least 4 members (excludes halogenated alkanes) is 2. The van der Waals surface area contributed by atoms with Crippen LogP contribution in [0.4, 0.5) is 5.69 Å². The van der Waals surface area contributed by atoms with Crippen molar-refractivity contribution in [2.24, 2.45) is 0 Å². The summed E-state index contributed by atoms with van der Waals surface area (Å²) in [7, 11) is 0. The van der Waals surface area contributed by atoms with Gasteiger partial charge in [-0.15, -0.1) is 0 Å². The summed E-state index contributed by atoms with van der Waals surface area (Å²) in [6.07, 6.45) is 4.69. The Hall–Kier alpha value is -1.42. The van der Waals surface area contributed by atoms with Crippen molar-refractivity contribution in [2.75, 3.05) is 11.4 Å². The van der Waals surface area contributed by atoms with Gasteiger partial charge in [0.15, 0.2) is 5.11 Å². The molecule has 0 saturated heterocycles. The minimum atomic E-state index is 0.0304. The van der Waals surface area contributed by atoms with Gasteiger partial charge < -0.3 is 10.2 Å². The Labute approximate surface area is 120 Å². The molecule has 2 rings (SSSR count). The smallest absolute Gasteiger partial charge is 0.226 e. The molecule has 0 radical (unpaired) electrons. The highest BCUT2D eigenvalue weighted by atomic mass is 32.1. The standard InChI is InChI=1S/C15H20N2OS/c1-2-3-4-9-14(18)16-15(19)17-11-10-12-7-5-6-8-13(12)17/h5-8H,2-4,9-11H2,1H3,(H,16,18,19). The lowest BCUT2D eigenvalue weighted by molar-refractivity contribution is -0.119. The summed E-state index contributed by atoms with van der Waals surface area (Å²) in [4.78, 5) is 13.8. The van der Waals surface area contributed by atoms with Crippen LogP contribution >= 0.6 is 12.2 Å². The van der Waals surface area contributed by atoms with E-state index in [-0.39, 0.29) is 5.91 Å². The van der Waals surface area contributed by atoms with Crippen molar-refractivity contribution in [3.63, 3.8) is 0 Å². The van der Waals surface area contributed by atoms with Crippen molar-refractivity contribution in [1.29, 1.82) is 0 Å². The number of nitrogens with zero attached hydrogens (tertiary/aromatic N) is 1. The van der Waals surface area contributed by atoms with Crippen molar-refractivity contribution in [2.45, 2.75) is 39.0 Å². The second kappa shape index (κ2) is 6.66. The molecule has 19 heavy (non-hydrogen) atoms. The average Bonchev–Trinajstić information content (AvgIpc) is 2.83. The Kier molecular flexibility index (Phi) is 4.91. The summed E-state index contributed by atoms with van der Waals surface area (Å²) in [5.74, 6) is 0.0304. The predicted molar refractivity (Wildman–Crippen MR) is 82.4 cm³/mol. The van der Waals surface area contributed by atoms with Crippen LogP contribution in [0.3, 0.4) is 0 Å². The van der Waals surface area contributed by atoms with Crippen LogP contribution in [-0.4, -0.2) is 17.6 Å². The van der Waals surface area contributed by atoms with Crippen LogP contribution in [0.2, 0.25) is 0 Å². The first-order valence-electron chi connectivity index (χ1n) is 6.91. The molecule has 0 aromatic heterocycles. The van der Waals surface area contributed by atoms with Gasteiger partial charge in [-0.1, -0.05) is 38.0 Å². The molecule has 102 valence electrons. The average molecular weight is 276 g/mol. The third-order valence-corrected chi connectivity index (χ3v) is 3.71. The normalized spacial score (nSPS) is 13.2. The molecule has 0 aliphatic carbocycles. The molecular weight excluding hydrogens is 256 g/mol. The van der Waals surface area contributed by atoms with Gasteiger partial charge in [0.2, 0.25) is 5.91 Å². The number of fused-ring (bicyclic) bond motifs is 1. The second-order valence-electron chi connectivity index (χ2n) is 4.84. The Morgan fingerprint density at radius 3 is 2.95 bits per heavy atom. The van der Waals surface area contributed by atoms with Gasteiger partial charge in [0.1, 0.15) is 0 Å². The molecule has 1 aromatic carbocycles. The number of carbonyl (C=O) groups is 1. The van der Waals surface area contributed by atoms with E-state index >= 15 is 0 Å². The number of hydrogen-bond acceptors (Lipinski definition) is 2. The van der Waals surface area contributed by atoms with Gasteiger partial charge in [-0.25, -0.2) is 0 Å². The van der Waals surface area contributed by atoms with E-state index in [1.165, 1.54) is 5.56 Å². The molecule has 1 aliphatic heterocycles. The number of benzene rings is 1. The van der Waals surface area contributed by atoms with Crippen LogP contribution < -0.4 is 10.2 Å². The van der Waals surface area contributed by atoms with Gasteiger partial charge >= 0.3 is 0 Å². The Morgan fingerprint density at radius 2 is 2.16 bits per heavy atom. The largest absolute Gasteiger partial charge is 0.318 e. The Bertz CT molecular complexity index is 473. The lowest BCUT2D eigenvalue weighted by Crippen LogP contribution is -2.41. The van der Waals surface area contributed by atoms with Gasteiger partial charge in [-0.3, -0.25) is 4.79 Å². The van der Waals surface area contributed by atoms with Crippen LogP contribution in [0.25, 0.3) is 0 Å². The zero-order valence-electron chi connectivity index (χ0n) is 11.3. The van der Waals surface area contributed by atoms with Gasteiger partial charge in [0, 0.05) is 18.7 Å². The molecule has 0 fully saturated rings. The lowest BCUT2D eigenvalue weighted by Gasteiger charge is -2.20. The highest BCUT2D eigenvalue weighted by molar-refractivity contribution is 7.80. The van der Waals surface area contributed by atoms with Crippen molar-refractivity contribution in [3.05, 3.63) is 29.8 Å². The first-order valence-corrected chi connectivity index (χ1v) is 7.32. The lowest BCUT2D eigenvalue weighted by atomic mass is 10.2. The molecule has 1 heterocycles. The Balaban J connectivity index is 1.89. The fourth-order valence-electron chi connectivity index (χ4n) is 2.33. The van der Waals surface area contributed by atoms with Gasteiger partial charge in [0.05, 0.1) is 0 Å². The van der Waals surface area contributed by atoms with E-state index in [9.17, 15) is 4.79 Å². The fourth-order valence-corrected chi connectivity index (χ4v) is 2.64. The monoisotopic (exact) mass is 276 g/mol. The topological polar surface area (TPSA) is 32.3 Å². The third kappa shape index (κ3) is 3.53. The number of hydrogen-bond donors (Lipinski definition) is 1. The summed E-state index contributed by atoms with van der Waals surface area (Å²) in [5, 5.41) is 3.37. The van der Waals surface area contributed by atoms with Crippen molar-refractivity contribution < 1.29 is 4.79 Å². The molecule has 0 unspecified atom stereocenters. The van der Waals surface area contributed by atoms with E-state index in [1.54, 1.807) is 0 Å². The van der Waals surface area contributed by atoms with E-state index in [0.717, 1.165) is 37.9 Å². The summed E-state index contributed by atoms with van der Waals surface area (Å²) < 4.78 is 0. The number of thiocarbonyl (C=S) groups is 1. The van der Waals surface area contributed by atoms with Gasteiger partial charge in [-0.05, 0) is 36.7 Å². The van der Waals surface area contributed by atoms with Gasteiger partial charge in [0.25, 0.3) is 0 Å². The van der Waals surface area contributed by atoms with Crippen molar-refractivity contribution in [3.8, 4) is 0 Å². The predicted octanol–water partition coefficient (Wildman–Crippen LogP) is 3.03. The molecule has 1 aliphatic rings. The molecule has 4 heteroatoms. The summed E-state index contributed by atoms with van der Waals surface area (Å²) in [6.45, 7) is 2.98. The number of rotatable bonds is 4. The van der Waals surface area contributed by atoms with Crippen molar-refractivity contribution >= 4 is 28.9 Å². The molecule has 1 N–H and O–H groups in total. The number of amides is 1. The molecule has 0 saturated carbocycles. The van der Waals surface area contributed by atoms with Crippen LogP contribution in [0.15, 0.2) is 24.3 Å². The zero-order valence-corrected chi connectivity index (χ0v) is 12.1. The Morgan fingerprint density at radius 1 is 1.37 bits per heavy atom. The van der Waals surface area contributed by atoms with E-state index in [0.29, 0.717) is 11.5 Å². The first kappa shape index (κ1) is 14.0. The number of anilines is 1. The summed E-state index contributed by atoms with van der Waals surface area (Å²) >= 11 is 5.34. The quantitative estimate of drug-likeness (QED) is 0.677. The third-order valence-electron chi connectivity index (χ3n) is 3.39. The minimum Gasteiger partial charge on any atom is -0.318 e. The maximum Gasteiger partial charge on any atom is 0.226 e. The molecule has 1 aromatic rings.